The molecule has 0 aliphatic carbocycles. The fourth-order valence-electron chi connectivity index (χ4n) is 2.63. The van der Waals surface area contributed by atoms with Gasteiger partial charge in [0, 0.05) is 49.7 Å². The molecule has 0 spiro atoms. The van der Waals surface area contributed by atoms with Gasteiger partial charge in [0.25, 0.3) is 0 Å². The Kier molecular flexibility index (Phi) is 20.8. The Hall–Kier alpha value is -3.53. The van der Waals surface area contributed by atoms with Crippen LogP contribution < -0.4 is 41.7 Å². The third-order valence-corrected chi connectivity index (χ3v) is 4.52. The molecule has 4 rings (SSSR count). The van der Waals surface area contributed by atoms with E-state index in [2.05, 4.69) is 31.2 Å². The molecule has 16 heteroatoms. The van der Waals surface area contributed by atoms with E-state index in [0.29, 0.717) is 0 Å². The number of nitrogens with two attached hydrogens (primary N) is 2. The van der Waals surface area contributed by atoms with E-state index in [4.69, 9.17) is 0 Å². The second-order valence-corrected chi connectivity index (χ2v) is 7.25. The summed E-state index contributed by atoms with van der Waals surface area (Å²) in [5.41, 5.74) is -0.944. The predicted molar refractivity (Wildman–Crippen MR) is 118 cm³/mol. The Bertz CT molecular complexity index is 802. The van der Waals surface area contributed by atoms with Crippen molar-refractivity contribution in [3.8, 4) is 0 Å². The van der Waals surface area contributed by atoms with Gasteiger partial charge in [0.05, 0.1) is 61.4 Å². The molecule has 212 valence electrons. The number of nitrogens with one attached hydrogen (secondary N) is 2. The van der Waals surface area contributed by atoms with Crippen molar-refractivity contribution in [2.45, 2.75) is 0 Å². The van der Waals surface area contributed by atoms with E-state index in [0.717, 1.165) is 36.7 Å². The molecule has 2 fully saturated rings. The number of carboxylic acid groups (broad SMARTS) is 4. The minimum Gasteiger partial charge on any atom is -0.545 e. The number of nitrogens with zero attached hydrogens (tertiary/aromatic N) is 2. The van der Waals surface area contributed by atoms with E-state index in [1.54, 1.807) is 0 Å². The minimum atomic E-state index is -1.44. The first-order chi connectivity index (χ1) is 17.2. The number of carbonyl (C=O) groups is 4. The van der Waals surface area contributed by atoms with E-state index in [9.17, 15) is 39.6 Å². The van der Waals surface area contributed by atoms with Crippen molar-refractivity contribution in [2.24, 2.45) is 0 Å². The summed E-state index contributed by atoms with van der Waals surface area (Å²) in [4.78, 5) is 47.3. The number of aromatic carboxylic acids is 4. The number of rotatable bonds is 4. The zero-order chi connectivity index (χ0) is 26.8. The average molecular weight is 581 g/mol. The van der Waals surface area contributed by atoms with Crippen LogP contribution in [0.2, 0.25) is 0 Å². The molecular weight excluding hydrogens is 551 g/mol. The van der Waals surface area contributed by atoms with Gasteiger partial charge in [-0.05, 0) is 24.3 Å². The fraction of sp³-hybridized carbons (Fsp3) is 0.364. The Balaban J connectivity index is 0. The molecule has 0 bridgehead atoms. The molecule has 2 aliphatic heterocycles. The third kappa shape index (κ3) is 16.3. The fourth-order valence-corrected chi connectivity index (χ4v) is 2.63. The number of carbonyl (C=O) groups excluding carboxylic acids is 4. The monoisotopic (exact) mass is 580 g/mol. The van der Waals surface area contributed by atoms with E-state index in [1.165, 1.54) is 52.4 Å². The number of piperazine rings is 2. The maximum absolute atomic E-state index is 10.2. The van der Waals surface area contributed by atoms with Crippen molar-refractivity contribution in [1.82, 2.24) is 20.6 Å². The van der Waals surface area contributed by atoms with Gasteiger partial charge >= 0.3 is 16.5 Å². The van der Waals surface area contributed by atoms with E-state index in [-0.39, 0.29) is 44.5 Å². The second kappa shape index (κ2) is 21.5. The molecular formula is C22H30N6NiO9. The molecule has 2 saturated heterocycles. The van der Waals surface area contributed by atoms with Gasteiger partial charge < -0.3 is 66.3 Å². The second-order valence-electron chi connectivity index (χ2n) is 7.25. The molecule has 4 heterocycles. The molecule has 0 unspecified atom stereocenters. The van der Waals surface area contributed by atoms with Crippen LogP contribution in [0.4, 0.5) is 0 Å². The zero-order valence-electron chi connectivity index (χ0n) is 20.3. The SMILES string of the molecule is C1C[NH2+]CCN1.C1C[NH2+]CCN1.O.O=C([O-])c1ccc(C(=O)[O-])nc1.O=C([O-])c1ccc(C(=O)[O-])nc1.[Ni+2]. The van der Waals surface area contributed by atoms with Crippen LogP contribution in [0.15, 0.2) is 36.7 Å². The van der Waals surface area contributed by atoms with Crippen molar-refractivity contribution in [2.75, 3.05) is 52.4 Å². The van der Waals surface area contributed by atoms with Crippen LogP contribution in [0, 0.1) is 0 Å². The number of quaternary nitrogens is 2. The molecule has 0 saturated carbocycles. The number of hydrogen-bond donors (Lipinski definition) is 4. The number of pyridine rings is 2. The summed E-state index contributed by atoms with van der Waals surface area (Å²) in [6, 6.07) is 4.27. The van der Waals surface area contributed by atoms with Gasteiger partial charge in [-0.3, -0.25) is 9.97 Å². The normalized spacial score (nSPS) is 13.5. The van der Waals surface area contributed by atoms with Crippen LogP contribution in [0.3, 0.4) is 0 Å². The summed E-state index contributed by atoms with van der Waals surface area (Å²) in [7, 11) is 0. The Morgan fingerprint density at radius 1 is 0.605 bits per heavy atom. The van der Waals surface area contributed by atoms with Crippen LogP contribution in [-0.4, -0.2) is 91.7 Å². The van der Waals surface area contributed by atoms with Crippen molar-refractivity contribution >= 4 is 23.9 Å². The van der Waals surface area contributed by atoms with Crippen molar-refractivity contribution in [3.63, 3.8) is 0 Å². The van der Waals surface area contributed by atoms with Crippen LogP contribution in [0.25, 0.3) is 0 Å². The number of hydrogen-bond acceptors (Lipinski definition) is 12. The van der Waals surface area contributed by atoms with Crippen LogP contribution >= 0.6 is 0 Å². The molecule has 0 radical (unpaired) electrons. The topological polar surface area (TPSA) is 275 Å². The maximum Gasteiger partial charge on any atom is 2.00 e. The number of aromatic nitrogens is 2. The average Bonchev–Trinajstić information content (AvgIpc) is 2.92. The number of carboxylic acids is 4. The van der Waals surface area contributed by atoms with Gasteiger partial charge in [0.15, 0.2) is 0 Å². The van der Waals surface area contributed by atoms with Crippen molar-refractivity contribution in [1.29, 1.82) is 0 Å². The van der Waals surface area contributed by atoms with Gasteiger partial charge in [0.1, 0.15) is 0 Å². The van der Waals surface area contributed by atoms with Crippen LogP contribution in [0.1, 0.15) is 41.7 Å². The Morgan fingerprint density at radius 2 is 0.921 bits per heavy atom. The molecule has 0 atom stereocenters. The first kappa shape index (κ1) is 36.6. The molecule has 8 N–H and O–H groups in total. The van der Waals surface area contributed by atoms with E-state index in [1.807, 2.05) is 0 Å². The molecule has 0 aromatic carbocycles. The van der Waals surface area contributed by atoms with Gasteiger partial charge in [0.2, 0.25) is 0 Å². The van der Waals surface area contributed by atoms with Gasteiger partial charge in [-0.1, -0.05) is 0 Å². The summed E-state index contributed by atoms with van der Waals surface area (Å²) < 4.78 is 0. The summed E-state index contributed by atoms with van der Waals surface area (Å²) in [5.74, 6) is -5.68. The predicted octanol–water partition coefficient (Wildman–Crippen LogP) is -8.90. The largest absolute Gasteiger partial charge is 2.00 e. The molecule has 38 heavy (non-hydrogen) atoms. The standard InChI is InChI=1S/2C7H5NO4.2C4H10N2.Ni.H2O/c2*9-6(10)4-1-2-5(7(11)12)8-3-4;2*1-2-6-4-3-5-1;;/h2*1-3H,(H,9,10)(H,11,12);2*5-6H,1-4H2;;1H2/q;;;;+2;/p-2. The molecule has 0 amide bonds. The first-order valence-corrected chi connectivity index (χ1v) is 11.0. The Labute approximate surface area is 228 Å². The maximum atomic E-state index is 10.2. The quantitative estimate of drug-likeness (QED) is 0.245. The molecule has 2 aromatic heterocycles. The van der Waals surface area contributed by atoms with E-state index < -0.39 is 23.9 Å². The Morgan fingerprint density at radius 3 is 1.05 bits per heavy atom. The summed E-state index contributed by atoms with van der Waals surface area (Å²) in [5, 5.41) is 51.8. The molecule has 15 nitrogen and oxygen atoms in total. The summed E-state index contributed by atoms with van der Waals surface area (Å²) >= 11 is 0. The smallest absolute Gasteiger partial charge is 0.545 e. The van der Waals surface area contributed by atoms with E-state index >= 15 is 0 Å². The van der Waals surface area contributed by atoms with Gasteiger partial charge in [-0.15, -0.1) is 0 Å². The molecule has 2 aliphatic rings. The van der Waals surface area contributed by atoms with Crippen LogP contribution in [-0.2, 0) is 16.5 Å². The zero-order valence-corrected chi connectivity index (χ0v) is 21.2. The van der Waals surface area contributed by atoms with Crippen molar-refractivity contribution in [3.05, 3.63) is 59.2 Å². The van der Waals surface area contributed by atoms with Crippen molar-refractivity contribution < 1.29 is 72.2 Å². The van der Waals surface area contributed by atoms with Gasteiger partial charge in [-0.2, -0.15) is 0 Å². The van der Waals surface area contributed by atoms with Crippen LogP contribution in [0.5, 0.6) is 0 Å². The minimum absolute atomic E-state index is 0. The van der Waals surface area contributed by atoms with Gasteiger partial charge in [-0.25, -0.2) is 0 Å². The summed E-state index contributed by atoms with van der Waals surface area (Å²) in [6.45, 7) is 9.83. The third-order valence-electron chi connectivity index (χ3n) is 4.52. The summed E-state index contributed by atoms with van der Waals surface area (Å²) in [6.07, 6.45) is 1.81. The first-order valence-electron chi connectivity index (χ1n) is 11.0. The molecule has 2 aromatic rings.